The molecule has 3 rings (SSSR count). The number of carbonyl (C=O) groups excluding carboxylic acids is 1. The first-order valence-corrected chi connectivity index (χ1v) is 7.93. The smallest absolute Gasteiger partial charge is 0.225 e. The zero-order chi connectivity index (χ0) is 14.1. The number of benzene rings is 1. The Morgan fingerprint density at radius 3 is 2.65 bits per heavy atom. The summed E-state index contributed by atoms with van der Waals surface area (Å²) < 4.78 is 0. The molecular formula is C15H19N3OS. The first kappa shape index (κ1) is 13.5. The van der Waals surface area contributed by atoms with E-state index < -0.39 is 0 Å². The van der Waals surface area contributed by atoms with Crippen molar-refractivity contribution >= 4 is 28.5 Å². The maximum atomic E-state index is 12.1. The molecule has 1 aromatic carbocycles. The lowest BCUT2D eigenvalue weighted by molar-refractivity contribution is -0.117. The summed E-state index contributed by atoms with van der Waals surface area (Å²) in [6, 6.07) is 10.4. The normalized spacial score (nSPS) is 24.2. The quantitative estimate of drug-likeness (QED) is 0.858. The van der Waals surface area contributed by atoms with Gasteiger partial charge in [0.1, 0.15) is 6.17 Å². The highest BCUT2D eigenvalue weighted by molar-refractivity contribution is 8.14. The fraction of sp³-hybridized carbons (Fsp3) is 0.467. The van der Waals surface area contributed by atoms with Crippen LogP contribution in [-0.4, -0.2) is 41.0 Å². The molecule has 1 aromatic rings. The molecule has 0 N–H and O–H groups in total. The number of aliphatic imine (C=N–C) groups is 1. The van der Waals surface area contributed by atoms with Gasteiger partial charge in [-0.3, -0.25) is 14.7 Å². The molecule has 106 valence electrons. The van der Waals surface area contributed by atoms with Gasteiger partial charge in [-0.1, -0.05) is 30.0 Å². The molecule has 1 saturated heterocycles. The second kappa shape index (κ2) is 5.48. The number of para-hydroxylation sites is 1. The van der Waals surface area contributed by atoms with Gasteiger partial charge in [0.2, 0.25) is 5.91 Å². The van der Waals surface area contributed by atoms with Crippen molar-refractivity contribution in [2.45, 2.75) is 32.0 Å². The highest BCUT2D eigenvalue weighted by Crippen LogP contribution is 2.32. The van der Waals surface area contributed by atoms with E-state index >= 15 is 0 Å². The van der Waals surface area contributed by atoms with Gasteiger partial charge >= 0.3 is 0 Å². The summed E-state index contributed by atoms with van der Waals surface area (Å²) in [6.07, 6.45) is 2.47. The first-order chi connectivity index (χ1) is 9.66. The zero-order valence-corrected chi connectivity index (χ0v) is 12.6. The van der Waals surface area contributed by atoms with Crippen LogP contribution in [0, 0.1) is 0 Å². The van der Waals surface area contributed by atoms with E-state index in [1.165, 1.54) is 12.8 Å². The fourth-order valence-electron chi connectivity index (χ4n) is 2.38. The molecule has 4 nitrogen and oxygen atoms in total. The summed E-state index contributed by atoms with van der Waals surface area (Å²) in [5.41, 5.74) is 0.949. The van der Waals surface area contributed by atoms with Gasteiger partial charge in [0, 0.05) is 25.4 Å². The Hall–Kier alpha value is -1.49. The molecule has 1 heterocycles. The number of rotatable bonds is 3. The Morgan fingerprint density at radius 2 is 2.05 bits per heavy atom. The number of nitrogens with zero attached hydrogens (tertiary/aromatic N) is 3. The molecule has 1 amide bonds. The molecule has 1 aliphatic carbocycles. The lowest BCUT2D eigenvalue weighted by Gasteiger charge is -2.32. The number of amides is 1. The average molecular weight is 289 g/mol. The molecule has 0 aromatic heterocycles. The van der Waals surface area contributed by atoms with Crippen molar-refractivity contribution in [1.29, 1.82) is 0 Å². The molecule has 0 radical (unpaired) electrons. The SMILES string of the molecule is CC(=O)N(c1ccccc1)C1CSC(=NC2CC2)N1C. The van der Waals surface area contributed by atoms with Crippen LogP contribution >= 0.6 is 11.8 Å². The minimum absolute atomic E-state index is 0.0531. The second-order valence-electron chi connectivity index (χ2n) is 5.27. The minimum Gasteiger partial charge on any atom is -0.333 e. The summed E-state index contributed by atoms with van der Waals surface area (Å²) >= 11 is 1.75. The molecule has 0 bridgehead atoms. The largest absolute Gasteiger partial charge is 0.333 e. The predicted octanol–water partition coefficient (Wildman–Crippen LogP) is 2.56. The van der Waals surface area contributed by atoms with Crippen LogP contribution in [0.15, 0.2) is 35.3 Å². The average Bonchev–Trinajstić information content (AvgIpc) is 3.19. The third kappa shape index (κ3) is 2.68. The predicted molar refractivity (Wildman–Crippen MR) is 84.1 cm³/mol. The third-order valence-electron chi connectivity index (χ3n) is 3.62. The fourth-order valence-corrected chi connectivity index (χ4v) is 3.60. The van der Waals surface area contributed by atoms with E-state index in [-0.39, 0.29) is 12.1 Å². The van der Waals surface area contributed by atoms with E-state index in [1.54, 1.807) is 18.7 Å². The van der Waals surface area contributed by atoms with Gasteiger partial charge in [-0.15, -0.1) is 0 Å². The topological polar surface area (TPSA) is 35.9 Å². The Bertz CT molecular complexity index is 527. The van der Waals surface area contributed by atoms with Crippen LogP contribution in [0.5, 0.6) is 0 Å². The van der Waals surface area contributed by atoms with E-state index in [0.717, 1.165) is 16.6 Å². The van der Waals surface area contributed by atoms with E-state index in [0.29, 0.717) is 6.04 Å². The molecule has 2 aliphatic rings. The van der Waals surface area contributed by atoms with Crippen LogP contribution in [0.3, 0.4) is 0 Å². The highest BCUT2D eigenvalue weighted by atomic mass is 32.2. The van der Waals surface area contributed by atoms with Gasteiger partial charge in [-0.2, -0.15) is 0 Å². The first-order valence-electron chi connectivity index (χ1n) is 6.95. The third-order valence-corrected chi connectivity index (χ3v) is 4.74. The maximum Gasteiger partial charge on any atom is 0.225 e. The Balaban J connectivity index is 1.84. The molecule has 0 spiro atoms. The van der Waals surface area contributed by atoms with E-state index in [2.05, 4.69) is 4.90 Å². The molecule has 5 heteroatoms. The van der Waals surface area contributed by atoms with Crippen LogP contribution in [0.1, 0.15) is 19.8 Å². The van der Waals surface area contributed by atoms with Crippen LogP contribution in [0.25, 0.3) is 0 Å². The van der Waals surface area contributed by atoms with Crippen LogP contribution < -0.4 is 4.90 Å². The molecule has 1 saturated carbocycles. The molecule has 1 atom stereocenters. The molecule has 2 fully saturated rings. The molecule has 1 aliphatic heterocycles. The lowest BCUT2D eigenvalue weighted by Crippen LogP contribution is -2.48. The van der Waals surface area contributed by atoms with Gasteiger partial charge in [0.05, 0.1) is 6.04 Å². The van der Waals surface area contributed by atoms with Crippen molar-refractivity contribution in [1.82, 2.24) is 4.90 Å². The van der Waals surface area contributed by atoms with Gasteiger partial charge in [-0.25, -0.2) is 0 Å². The summed E-state index contributed by atoms with van der Waals surface area (Å²) in [4.78, 5) is 20.8. The number of anilines is 1. The molecule has 1 unspecified atom stereocenters. The summed E-state index contributed by atoms with van der Waals surface area (Å²) in [7, 11) is 2.03. The van der Waals surface area contributed by atoms with Gasteiger partial charge < -0.3 is 4.90 Å². The van der Waals surface area contributed by atoms with E-state index in [1.807, 2.05) is 42.3 Å². The molecular weight excluding hydrogens is 270 g/mol. The minimum atomic E-state index is 0.0531. The van der Waals surface area contributed by atoms with E-state index in [4.69, 9.17) is 4.99 Å². The number of hydrogen-bond donors (Lipinski definition) is 0. The van der Waals surface area contributed by atoms with Crippen molar-refractivity contribution in [3.05, 3.63) is 30.3 Å². The summed E-state index contributed by atoms with van der Waals surface area (Å²) in [6.45, 7) is 1.63. The number of carbonyl (C=O) groups is 1. The molecule has 20 heavy (non-hydrogen) atoms. The highest BCUT2D eigenvalue weighted by Gasteiger charge is 2.35. The van der Waals surface area contributed by atoms with Gasteiger partial charge in [-0.05, 0) is 25.0 Å². The number of hydrogen-bond acceptors (Lipinski definition) is 3. The van der Waals surface area contributed by atoms with Crippen molar-refractivity contribution in [2.75, 3.05) is 17.7 Å². The van der Waals surface area contributed by atoms with Crippen molar-refractivity contribution in [3.8, 4) is 0 Å². The van der Waals surface area contributed by atoms with Crippen LogP contribution in [-0.2, 0) is 4.79 Å². The Labute approximate surface area is 123 Å². The van der Waals surface area contributed by atoms with E-state index in [9.17, 15) is 4.79 Å². The summed E-state index contributed by atoms with van der Waals surface area (Å²) in [5, 5.41) is 1.07. The van der Waals surface area contributed by atoms with Crippen molar-refractivity contribution in [2.24, 2.45) is 4.99 Å². The van der Waals surface area contributed by atoms with Gasteiger partial charge in [0.15, 0.2) is 5.17 Å². The Kier molecular flexibility index (Phi) is 3.70. The standard InChI is InChI=1S/C15H19N3OS/c1-11(19)18(13-6-4-3-5-7-13)14-10-20-15(17(14)2)16-12-8-9-12/h3-7,12,14H,8-10H2,1-2H3. The lowest BCUT2D eigenvalue weighted by atomic mass is 10.2. The monoisotopic (exact) mass is 289 g/mol. The van der Waals surface area contributed by atoms with Gasteiger partial charge in [0.25, 0.3) is 0 Å². The maximum absolute atomic E-state index is 12.1. The Morgan fingerprint density at radius 1 is 1.35 bits per heavy atom. The zero-order valence-electron chi connectivity index (χ0n) is 11.8. The number of thioether (sulfide) groups is 1. The van der Waals surface area contributed by atoms with Crippen LogP contribution in [0.4, 0.5) is 5.69 Å². The van der Waals surface area contributed by atoms with Crippen LogP contribution in [0.2, 0.25) is 0 Å². The van der Waals surface area contributed by atoms with Crippen molar-refractivity contribution in [3.63, 3.8) is 0 Å². The number of amidine groups is 1. The van der Waals surface area contributed by atoms with Crippen molar-refractivity contribution < 1.29 is 4.79 Å². The summed E-state index contributed by atoms with van der Waals surface area (Å²) in [5.74, 6) is 0.942. The second-order valence-corrected chi connectivity index (χ2v) is 6.26.